The number of nitrogens with zero attached hydrogens (tertiary/aromatic N) is 2. The molecule has 0 spiro atoms. The molecular formula is C26H29FN4O4S. The molecule has 1 aromatic heterocycles. The molecule has 2 atom stereocenters. The van der Waals surface area contributed by atoms with Crippen molar-refractivity contribution in [1.29, 1.82) is 0 Å². The van der Waals surface area contributed by atoms with Crippen LogP contribution in [0.25, 0.3) is 0 Å². The van der Waals surface area contributed by atoms with E-state index in [1.54, 1.807) is 49.6 Å². The van der Waals surface area contributed by atoms with Crippen molar-refractivity contribution in [2.75, 3.05) is 18.4 Å². The van der Waals surface area contributed by atoms with E-state index in [2.05, 4.69) is 15.8 Å². The number of aliphatic hydroxyl groups excluding tert-OH is 2. The van der Waals surface area contributed by atoms with Crippen molar-refractivity contribution < 1.29 is 24.2 Å². The van der Waals surface area contributed by atoms with Gasteiger partial charge < -0.3 is 15.5 Å². The number of rotatable bonds is 11. The van der Waals surface area contributed by atoms with Crippen molar-refractivity contribution in [2.24, 2.45) is 5.10 Å². The van der Waals surface area contributed by atoms with Gasteiger partial charge in [-0.3, -0.25) is 14.5 Å². The van der Waals surface area contributed by atoms with E-state index >= 15 is 0 Å². The highest BCUT2D eigenvalue weighted by molar-refractivity contribution is 7.14. The summed E-state index contributed by atoms with van der Waals surface area (Å²) in [6.45, 7) is 4.58. The van der Waals surface area contributed by atoms with Crippen LogP contribution in [0.3, 0.4) is 0 Å². The Bertz CT molecular complexity index is 1200. The maximum atomic E-state index is 13.3. The monoisotopic (exact) mass is 512 g/mol. The van der Waals surface area contributed by atoms with Gasteiger partial charge in [0.1, 0.15) is 10.8 Å². The molecule has 0 saturated heterocycles. The zero-order chi connectivity index (χ0) is 26.1. The first-order valence-electron chi connectivity index (χ1n) is 11.4. The molecule has 0 aliphatic rings. The highest BCUT2D eigenvalue weighted by Crippen LogP contribution is 2.24. The third-order valence-corrected chi connectivity index (χ3v) is 5.84. The normalized spacial score (nSPS) is 13.1. The fourth-order valence-electron chi connectivity index (χ4n) is 3.59. The average molecular weight is 513 g/mol. The summed E-state index contributed by atoms with van der Waals surface area (Å²) < 4.78 is 13.3. The van der Waals surface area contributed by atoms with Crippen molar-refractivity contribution in [2.45, 2.75) is 32.6 Å². The number of benzene rings is 2. The Kier molecular flexibility index (Phi) is 9.83. The lowest BCUT2D eigenvalue weighted by Gasteiger charge is -2.25. The molecule has 0 aliphatic carbocycles. The van der Waals surface area contributed by atoms with E-state index in [9.17, 15) is 24.2 Å². The molecule has 2 amide bonds. The Balaban J connectivity index is 1.65. The molecule has 0 fully saturated rings. The number of nitrogens with one attached hydrogen (secondary N) is 2. The summed E-state index contributed by atoms with van der Waals surface area (Å²) >= 11 is 1.20. The zero-order valence-electron chi connectivity index (χ0n) is 20.0. The number of amides is 2. The number of aliphatic hydroxyl groups is 2. The predicted molar refractivity (Wildman–Crippen MR) is 139 cm³/mol. The van der Waals surface area contributed by atoms with E-state index in [0.717, 1.165) is 5.56 Å². The lowest BCUT2D eigenvalue weighted by molar-refractivity contribution is 0.0793. The maximum Gasteiger partial charge on any atom is 0.274 e. The van der Waals surface area contributed by atoms with Crippen molar-refractivity contribution in [3.05, 3.63) is 88.0 Å². The van der Waals surface area contributed by atoms with Gasteiger partial charge in [-0.15, -0.1) is 11.3 Å². The summed E-state index contributed by atoms with van der Waals surface area (Å²) in [5.74, 6) is -1.30. The van der Waals surface area contributed by atoms with E-state index in [-0.39, 0.29) is 11.5 Å². The van der Waals surface area contributed by atoms with Gasteiger partial charge in [0.2, 0.25) is 0 Å². The lowest BCUT2D eigenvalue weighted by Crippen LogP contribution is -2.35. The van der Waals surface area contributed by atoms with Crippen molar-refractivity contribution in [3.8, 4) is 0 Å². The SMILES string of the molecule is CC(O)CN(Cc1cccc(C(=O)Nc2sccc2C(=O)N/N=C/c2cccc(F)c2)c1)CC(C)O. The third kappa shape index (κ3) is 8.35. The molecule has 2 aromatic carbocycles. The average Bonchev–Trinajstić information content (AvgIpc) is 3.26. The second kappa shape index (κ2) is 13.0. The van der Waals surface area contributed by atoms with Gasteiger partial charge in [0, 0.05) is 25.2 Å². The van der Waals surface area contributed by atoms with E-state index < -0.39 is 23.9 Å². The molecule has 0 saturated carbocycles. The van der Waals surface area contributed by atoms with Crippen LogP contribution in [-0.2, 0) is 6.54 Å². The first-order chi connectivity index (χ1) is 17.2. The Morgan fingerprint density at radius 3 is 2.47 bits per heavy atom. The number of halogens is 1. The number of carbonyl (C=O) groups excluding carboxylic acids is 2. The third-order valence-electron chi connectivity index (χ3n) is 5.01. The standard InChI is InChI=1S/C26H29FN4O4S/c1-17(32)14-31(15-18(2)33)16-20-6-3-7-21(11-20)24(34)29-26-23(9-10-36-26)25(35)30-28-13-19-5-4-8-22(27)12-19/h3-13,17-18,32-33H,14-16H2,1-2H3,(H,29,34)(H,30,35)/b28-13+. The number of hydrogen-bond donors (Lipinski definition) is 4. The molecule has 10 heteroatoms. The van der Waals surface area contributed by atoms with Crippen LogP contribution in [0, 0.1) is 5.82 Å². The van der Waals surface area contributed by atoms with Gasteiger partial charge in [0.05, 0.1) is 24.0 Å². The van der Waals surface area contributed by atoms with Crippen LogP contribution in [0.1, 0.15) is 45.7 Å². The van der Waals surface area contributed by atoms with Gasteiger partial charge in [-0.1, -0.05) is 24.3 Å². The minimum absolute atomic E-state index is 0.251. The molecule has 190 valence electrons. The molecule has 3 aromatic rings. The van der Waals surface area contributed by atoms with Crippen LogP contribution in [0.15, 0.2) is 65.1 Å². The molecule has 1 heterocycles. The van der Waals surface area contributed by atoms with Crippen LogP contribution in [0.2, 0.25) is 0 Å². The van der Waals surface area contributed by atoms with Crippen LogP contribution >= 0.6 is 11.3 Å². The van der Waals surface area contributed by atoms with Crippen LogP contribution in [0.4, 0.5) is 9.39 Å². The molecule has 3 rings (SSSR count). The van der Waals surface area contributed by atoms with Crippen molar-refractivity contribution in [3.63, 3.8) is 0 Å². The number of hydrazone groups is 1. The van der Waals surface area contributed by atoms with Crippen LogP contribution in [0.5, 0.6) is 0 Å². The Morgan fingerprint density at radius 1 is 1.06 bits per heavy atom. The molecule has 0 bridgehead atoms. The van der Waals surface area contributed by atoms with Crippen molar-refractivity contribution in [1.82, 2.24) is 10.3 Å². The predicted octanol–water partition coefficient (Wildman–Crippen LogP) is 3.47. The van der Waals surface area contributed by atoms with Gasteiger partial charge in [0.25, 0.3) is 11.8 Å². The fourth-order valence-corrected chi connectivity index (χ4v) is 4.37. The number of carbonyl (C=O) groups is 2. The maximum absolute atomic E-state index is 13.3. The summed E-state index contributed by atoms with van der Waals surface area (Å²) in [4.78, 5) is 27.4. The first kappa shape index (κ1) is 27.2. The largest absolute Gasteiger partial charge is 0.392 e. The van der Waals surface area contributed by atoms with E-state index in [1.807, 2.05) is 11.0 Å². The van der Waals surface area contributed by atoms with Crippen LogP contribution < -0.4 is 10.7 Å². The zero-order valence-corrected chi connectivity index (χ0v) is 20.8. The van der Waals surface area contributed by atoms with Gasteiger partial charge in [-0.05, 0) is 60.7 Å². The summed E-state index contributed by atoms with van der Waals surface area (Å²) in [6.07, 6.45) is 0.212. The van der Waals surface area contributed by atoms with Crippen molar-refractivity contribution >= 4 is 34.4 Å². The summed E-state index contributed by atoms with van der Waals surface area (Å²) in [5, 5.41) is 28.2. The minimum atomic E-state index is -0.558. The van der Waals surface area contributed by atoms with Gasteiger partial charge in [-0.25, -0.2) is 9.82 Å². The fraction of sp³-hybridized carbons (Fsp3) is 0.269. The quantitative estimate of drug-likeness (QED) is 0.232. The molecule has 8 nitrogen and oxygen atoms in total. The molecule has 0 aliphatic heterocycles. The molecular weight excluding hydrogens is 483 g/mol. The number of thiophene rings is 1. The van der Waals surface area contributed by atoms with E-state index in [1.165, 1.54) is 35.8 Å². The highest BCUT2D eigenvalue weighted by Gasteiger charge is 2.17. The summed E-state index contributed by atoms with van der Waals surface area (Å²) in [7, 11) is 0. The smallest absolute Gasteiger partial charge is 0.274 e. The van der Waals surface area contributed by atoms with Gasteiger partial charge in [0.15, 0.2) is 0 Å². The highest BCUT2D eigenvalue weighted by atomic mass is 32.1. The second-order valence-electron chi connectivity index (χ2n) is 8.46. The van der Waals surface area contributed by atoms with E-state index in [4.69, 9.17) is 0 Å². The topological polar surface area (TPSA) is 114 Å². The number of hydrogen-bond acceptors (Lipinski definition) is 7. The Morgan fingerprint density at radius 2 is 1.78 bits per heavy atom. The summed E-state index contributed by atoms with van der Waals surface area (Å²) in [6, 6.07) is 14.4. The minimum Gasteiger partial charge on any atom is -0.392 e. The molecule has 0 radical (unpaired) electrons. The lowest BCUT2D eigenvalue weighted by atomic mass is 10.1. The summed E-state index contributed by atoms with van der Waals surface area (Å²) in [5.41, 5.74) is 4.39. The molecule has 4 N–H and O–H groups in total. The first-order valence-corrected chi connectivity index (χ1v) is 12.2. The second-order valence-corrected chi connectivity index (χ2v) is 9.38. The number of anilines is 1. The van der Waals surface area contributed by atoms with Crippen LogP contribution in [-0.4, -0.2) is 58.4 Å². The molecule has 2 unspecified atom stereocenters. The van der Waals surface area contributed by atoms with Gasteiger partial charge >= 0.3 is 0 Å². The Labute approximate surface area is 213 Å². The van der Waals surface area contributed by atoms with Gasteiger partial charge in [-0.2, -0.15) is 5.10 Å². The Hall–Kier alpha value is -3.44. The van der Waals surface area contributed by atoms with E-state index in [0.29, 0.717) is 35.8 Å². The molecule has 36 heavy (non-hydrogen) atoms.